The zero-order chi connectivity index (χ0) is 23.6. The first kappa shape index (κ1) is 22.9. The fraction of sp³-hybridized carbons (Fsp3) is 0.417. The molecular weight excluding hydrogens is 435 g/mol. The van der Waals surface area contributed by atoms with Gasteiger partial charge in [-0.3, -0.25) is 9.48 Å². The molecular formula is C24H26F3N3O3. The zero-order valence-electron chi connectivity index (χ0n) is 18.5. The maximum Gasteiger partial charge on any atom is 0.435 e. The van der Waals surface area contributed by atoms with E-state index in [0.29, 0.717) is 31.0 Å². The van der Waals surface area contributed by atoms with Gasteiger partial charge < -0.3 is 14.5 Å². The van der Waals surface area contributed by atoms with Gasteiger partial charge in [0.1, 0.15) is 18.1 Å². The number of ether oxygens (including phenoxy) is 1. The van der Waals surface area contributed by atoms with Crippen molar-refractivity contribution >= 4 is 5.91 Å². The Morgan fingerprint density at radius 2 is 1.91 bits per heavy atom. The van der Waals surface area contributed by atoms with Crippen molar-refractivity contribution in [2.75, 3.05) is 6.54 Å². The lowest BCUT2D eigenvalue weighted by Crippen LogP contribution is -2.25. The molecule has 0 radical (unpaired) electrons. The van der Waals surface area contributed by atoms with Crippen molar-refractivity contribution in [1.29, 1.82) is 0 Å². The molecule has 0 aliphatic heterocycles. The van der Waals surface area contributed by atoms with Crippen LogP contribution in [-0.4, -0.2) is 22.2 Å². The monoisotopic (exact) mass is 461 g/mol. The zero-order valence-corrected chi connectivity index (χ0v) is 18.5. The molecule has 0 saturated heterocycles. The van der Waals surface area contributed by atoms with Crippen LogP contribution in [0, 0.1) is 13.8 Å². The minimum atomic E-state index is -4.46. The number of rotatable bonds is 9. The largest absolute Gasteiger partial charge is 0.486 e. The molecule has 0 unspecified atom stereocenters. The van der Waals surface area contributed by atoms with Crippen LogP contribution in [0.3, 0.4) is 0 Å². The number of carbonyl (C=O) groups excluding carboxylic acids is 1. The molecule has 3 aromatic rings. The van der Waals surface area contributed by atoms with Crippen molar-refractivity contribution in [3.8, 4) is 5.75 Å². The van der Waals surface area contributed by atoms with E-state index in [2.05, 4.69) is 16.5 Å². The second kappa shape index (κ2) is 9.33. The molecule has 0 atom stereocenters. The summed E-state index contributed by atoms with van der Waals surface area (Å²) in [5.74, 6) is 1.17. The van der Waals surface area contributed by atoms with Crippen molar-refractivity contribution in [2.24, 2.45) is 0 Å². The highest BCUT2D eigenvalue weighted by Gasteiger charge is 2.37. The van der Waals surface area contributed by atoms with Gasteiger partial charge in [-0.15, -0.1) is 0 Å². The first-order valence-corrected chi connectivity index (χ1v) is 10.9. The molecule has 1 aromatic carbocycles. The molecule has 1 N–H and O–H groups in total. The molecule has 1 aliphatic carbocycles. The van der Waals surface area contributed by atoms with Gasteiger partial charge in [-0.1, -0.05) is 6.07 Å². The number of halogens is 3. The quantitative estimate of drug-likeness (QED) is 0.434. The highest BCUT2D eigenvalue weighted by atomic mass is 19.4. The number of hydrogen-bond acceptors (Lipinski definition) is 4. The third-order valence-electron chi connectivity index (χ3n) is 5.39. The molecule has 1 aliphatic rings. The smallest absolute Gasteiger partial charge is 0.435 e. The minimum Gasteiger partial charge on any atom is -0.486 e. The number of benzene rings is 1. The predicted molar refractivity (Wildman–Crippen MR) is 115 cm³/mol. The van der Waals surface area contributed by atoms with Crippen LogP contribution >= 0.6 is 0 Å². The average molecular weight is 461 g/mol. The summed E-state index contributed by atoms with van der Waals surface area (Å²) in [4.78, 5) is 12.3. The van der Waals surface area contributed by atoms with E-state index in [1.165, 1.54) is 4.68 Å². The van der Waals surface area contributed by atoms with E-state index in [9.17, 15) is 18.0 Å². The van der Waals surface area contributed by atoms with E-state index in [-0.39, 0.29) is 24.2 Å². The third kappa shape index (κ3) is 5.97. The van der Waals surface area contributed by atoms with Gasteiger partial charge in [0.2, 0.25) is 0 Å². The Morgan fingerprint density at radius 3 is 2.58 bits per heavy atom. The van der Waals surface area contributed by atoms with Gasteiger partial charge in [0.05, 0.1) is 0 Å². The molecule has 6 nitrogen and oxygen atoms in total. The summed E-state index contributed by atoms with van der Waals surface area (Å²) in [6, 6.07) is 10.3. The Balaban J connectivity index is 1.25. The van der Waals surface area contributed by atoms with Crippen molar-refractivity contribution < 1.29 is 27.1 Å². The molecule has 176 valence electrons. The van der Waals surface area contributed by atoms with Crippen LogP contribution in [0.2, 0.25) is 0 Å². The van der Waals surface area contributed by atoms with Crippen molar-refractivity contribution in [3.05, 3.63) is 70.4 Å². The van der Waals surface area contributed by atoms with Gasteiger partial charge in [-0.25, -0.2) is 0 Å². The first-order valence-electron chi connectivity index (χ1n) is 10.9. The summed E-state index contributed by atoms with van der Waals surface area (Å²) in [7, 11) is 0. The standard InChI is InChI=1S/C24H26F3N3O3/c1-15-10-16(2)12-19(11-15)32-14-18-6-7-21(33-18)23(31)28-8-3-9-30-20(17-4-5-17)13-22(29-30)24(25,26)27/h6-7,10-13,17H,3-5,8-9,14H2,1-2H3,(H,28,31). The van der Waals surface area contributed by atoms with Gasteiger partial charge in [0.15, 0.2) is 11.5 Å². The summed E-state index contributed by atoms with van der Waals surface area (Å²) in [6.07, 6.45) is -2.24. The SMILES string of the molecule is Cc1cc(C)cc(OCc2ccc(C(=O)NCCCn3nc(C(F)(F)F)cc3C3CC3)o2)c1. The Hall–Kier alpha value is -3.23. The molecule has 1 amide bonds. The second-order valence-corrected chi connectivity index (χ2v) is 8.44. The van der Waals surface area contributed by atoms with Crippen LogP contribution in [0.15, 0.2) is 40.8 Å². The number of amides is 1. The molecule has 0 spiro atoms. The van der Waals surface area contributed by atoms with Gasteiger partial charge in [0.25, 0.3) is 5.91 Å². The molecule has 2 aromatic heterocycles. The van der Waals surface area contributed by atoms with E-state index in [4.69, 9.17) is 9.15 Å². The fourth-order valence-corrected chi connectivity index (χ4v) is 3.72. The molecule has 0 bridgehead atoms. The summed E-state index contributed by atoms with van der Waals surface area (Å²) >= 11 is 0. The first-order chi connectivity index (χ1) is 15.7. The molecule has 1 fully saturated rings. The molecule has 33 heavy (non-hydrogen) atoms. The van der Waals surface area contributed by atoms with Crippen LogP contribution in [-0.2, 0) is 19.3 Å². The van der Waals surface area contributed by atoms with Gasteiger partial charge in [0, 0.05) is 24.7 Å². The van der Waals surface area contributed by atoms with E-state index < -0.39 is 11.9 Å². The van der Waals surface area contributed by atoms with Gasteiger partial charge in [-0.2, -0.15) is 18.3 Å². The normalized spacial score (nSPS) is 13.8. The lowest BCUT2D eigenvalue weighted by Gasteiger charge is -2.08. The highest BCUT2D eigenvalue weighted by molar-refractivity contribution is 5.91. The lowest BCUT2D eigenvalue weighted by atomic mass is 10.1. The van der Waals surface area contributed by atoms with E-state index in [1.54, 1.807) is 12.1 Å². The minimum absolute atomic E-state index is 0.149. The van der Waals surface area contributed by atoms with E-state index in [0.717, 1.165) is 35.8 Å². The van der Waals surface area contributed by atoms with Crippen LogP contribution in [0.25, 0.3) is 0 Å². The fourth-order valence-electron chi connectivity index (χ4n) is 3.72. The third-order valence-corrected chi connectivity index (χ3v) is 5.39. The number of alkyl halides is 3. The van der Waals surface area contributed by atoms with E-state index >= 15 is 0 Å². The topological polar surface area (TPSA) is 69.3 Å². The number of nitrogens with zero attached hydrogens (tertiary/aromatic N) is 2. The number of furan rings is 1. The number of carbonyl (C=O) groups is 1. The Bertz CT molecular complexity index is 1110. The predicted octanol–water partition coefficient (Wildman–Crippen LogP) is 5.39. The summed E-state index contributed by atoms with van der Waals surface area (Å²) < 4.78 is 51.7. The Morgan fingerprint density at radius 1 is 1.18 bits per heavy atom. The second-order valence-electron chi connectivity index (χ2n) is 8.44. The summed E-state index contributed by atoms with van der Waals surface area (Å²) in [5, 5.41) is 6.46. The highest BCUT2D eigenvalue weighted by Crippen LogP contribution is 2.42. The van der Waals surface area contributed by atoms with Crippen LogP contribution in [0.4, 0.5) is 13.2 Å². The number of hydrogen-bond donors (Lipinski definition) is 1. The van der Waals surface area contributed by atoms with Crippen molar-refractivity contribution in [3.63, 3.8) is 0 Å². The lowest BCUT2D eigenvalue weighted by molar-refractivity contribution is -0.141. The average Bonchev–Trinajstić information content (AvgIpc) is 3.30. The Labute approximate surface area is 189 Å². The van der Waals surface area contributed by atoms with E-state index in [1.807, 2.05) is 26.0 Å². The number of aryl methyl sites for hydroxylation is 3. The van der Waals surface area contributed by atoms with Gasteiger partial charge in [-0.05, 0) is 74.6 Å². The maximum absolute atomic E-state index is 13.0. The molecule has 1 saturated carbocycles. The van der Waals surface area contributed by atoms with Gasteiger partial charge >= 0.3 is 6.18 Å². The summed E-state index contributed by atoms with van der Waals surface area (Å²) in [6.45, 7) is 4.77. The van der Waals surface area contributed by atoms with Crippen molar-refractivity contribution in [1.82, 2.24) is 15.1 Å². The number of aromatic nitrogens is 2. The molecule has 4 rings (SSSR count). The van der Waals surface area contributed by atoms with Crippen LogP contribution in [0.1, 0.15) is 64.0 Å². The molecule has 9 heteroatoms. The summed E-state index contributed by atoms with van der Waals surface area (Å²) in [5.41, 5.74) is 1.95. The Kier molecular flexibility index (Phi) is 6.49. The van der Waals surface area contributed by atoms with Crippen LogP contribution < -0.4 is 10.1 Å². The van der Waals surface area contributed by atoms with Crippen molar-refractivity contribution in [2.45, 2.75) is 58.4 Å². The number of nitrogens with one attached hydrogen (secondary N) is 1. The molecule has 2 heterocycles. The van der Waals surface area contributed by atoms with Crippen LogP contribution in [0.5, 0.6) is 5.75 Å². The maximum atomic E-state index is 13.0.